The Balaban J connectivity index is 1.74. The normalized spacial score (nSPS) is 22.8. The Bertz CT molecular complexity index is 896. The van der Waals surface area contributed by atoms with Gasteiger partial charge in [-0.15, -0.1) is 11.3 Å². The van der Waals surface area contributed by atoms with Crippen LogP contribution in [-0.4, -0.2) is 67.7 Å². The van der Waals surface area contributed by atoms with Crippen LogP contribution in [0.4, 0.5) is 0 Å². The first-order valence-electron chi connectivity index (χ1n) is 12.3. The van der Waals surface area contributed by atoms with Gasteiger partial charge in [0.25, 0.3) is 0 Å². The van der Waals surface area contributed by atoms with E-state index in [4.69, 9.17) is 9.84 Å². The van der Waals surface area contributed by atoms with E-state index in [0.717, 1.165) is 29.1 Å². The predicted molar refractivity (Wildman–Crippen MR) is 135 cm³/mol. The molecule has 0 bridgehead atoms. The number of aryl methyl sites for hydroxylation is 1. The molecule has 9 heteroatoms. The van der Waals surface area contributed by atoms with Crippen molar-refractivity contribution in [3.8, 4) is 0 Å². The monoisotopic (exact) mass is 511 g/mol. The van der Waals surface area contributed by atoms with Gasteiger partial charge in [0.15, 0.2) is 0 Å². The van der Waals surface area contributed by atoms with Crippen LogP contribution >= 0.6 is 11.3 Å². The molecule has 1 fully saturated rings. The van der Waals surface area contributed by atoms with Gasteiger partial charge >= 0.3 is 5.97 Å². The average molecular weight is 512 g/mol. The fourth-order valence-corrected chi connectivity index (χ4v) is 5.02. The summed E-state index contributed by atoms with van der Waals surface area (Å²) in [6, 6.07) is 0. The fourth-order valence-electron chi connectivity index (χ4n) is 4.45. The van der Waals surface area contributed by atoms with E-state index in [1.54, 1.807) is 18.3 Å². The summed E-state index contributed by atoms with van der Waals surface area (Å²) < 4.78 is 5.73. The molecule has 0 aromatic carbocycles. The number of hydrogen-bond donors (Lipinski definition) is 4. The summed E-state index contributed by atoms with van der Waals surface area (Å²) in [5, 5.41) is 43.2. The number of rotatable bonds is 15. The van der Waals surface area contributed by atoms with Gasteiger partial charge in [0, 0.05) is 17.7 Å². The van der Waals surface area contributed by atoms with Crippen molar-refractivity contribution in [1.29, 1.82) is 0 Å². The van der Waals surface area contributed by atoms with Crippen LogP contribution in [0.2, 0.25) is 0 Å². The number of ether oxygens (including phenoxy) is 1. The molecule has 0 aliphatic carbocycles. The highest BCUT2D eigenvalue weighted by molar-refractivity contribution is 7.09. The lowest BCUT2D eigenvalue weighted by Crippen LogP contribution is -2.45. The number of nitrogens with zero attached hydrogens (tertiary/aromatic N) is 1. The molecular formula is C26H41NO7S. The van der Waals surface area contributed by atoms with E-state index in [1.165, 1.54) is 13.8 Å². The predicted octanol–water partition coefficient (Wildman–Crippen LogP) is 3.61. The number of carboxylic acid groups (broad SMARTS) is 1. The number of carboxylic acids is 1. The minimum Gasteiger partial charge on any atom is -0.481 e. The topological polar surface area (TPSA) is 140 Å². The van der Waals surface area contributed by atoms with E-state index in [-0.39, 0.29) is 23.9 Å². The first-order chi connectivity index (χ1) is 16.2. The quantitative estimate of drug-likeness (QED) is 0.262. The van der Waals surface area contributed by atoms with Crippen LogP contribution in [0.5, 0.6) is 0 Å². The number of aromatic nitrogens is 1. The van der Waals surface area contributed by atoms with Gasteiger partial charge in [0.2, 0.25) is 0 Å². The summed E-state index contributed by atoms with van der Waals surface area (Å²) >= 11 is 1.57. The molecule has 2 unspecified atom stereocenters. The van der Waals surface area contributed by atoms with E-state index in [2.05, 4.69) is 4.98 Å². The summed E-state index contributed by atoms with van der Waals surface area (Å²) in [5.74, 6) is -2.38. The SMILES string of the molecule is C/C(=C\c1csc(C)n1)[C@@H](O)CC1OC1CCC[C@@H](C)[C@H](O)[C@@H](C)C(=O)C(C)(C)[C@@H](O)CC(=O)O. The Morgan fingerprint density at radius 3 is 2.46 bits per heavy atom. The molecular weight excluding hydrogens is 470 g/mol. The van der Waals surface area contributed by atoms with Gasteiger partial charge in [-0.2, -0.15) is 0 Å². The van der Waals surface area contributed by atoms with Crippen LogP contribution in [0.15, 0.2) is 11.0 Å². The summed E-state index contributed by atoms with van der Waals surface area (Å²) in [6.45, 7) is 10.4. The first kappa shape index (κ1) is 29.6. The van der Waals surface area contributed by atoms with Crippen molar-refractivity contribution in [2.75, 3.05) is 0 Å². The molecule has 1 aromatic heterocycles. The number of carbonyl (C=O) groups excluding carboxylic acids is 1. The van der Waals surface area contributed by atoms with Crippen LogP contribution in [-0.2, 0) is 14.3 Å². The largest absolute Gasteiger partial charge is 0.481 e. The minimum atomic E-state index is -1.32. The van der Waals surface area contributed by atoms with E-state index in [9.17, 15) is 24.9 Å². The van der Waals surface area contributed by atoms with Crippen LogP contribution < -0.4 is 0 Å². The van der Waals surface area contributed by atoms with Crippen molar-refractivity contribution >= 4 is 29.2 Å². The highest BCUT2D eigenvalue weighted by atomic mass is 32.1. The molecule has 35 heavy (non-hydrogen) atoms. The van der Waals surface area contributed by atoms with Crippen LogP contribution in [0.1, 0.15) is 77.4 Å². The highest BCUT2D eigenvalue weighted by Crippen LogP contribution is 2.34. The van der Waals surface area contributed by atoms with Gasteiger partial charge in [0.1, 0.15) is 5.78 Å². The Labute approximate surface area is 212 Å². The zero-order chi connectivity index (χ0) is 26.5. The van der Waals surface area contributed by atoms with Gasteiger partial charge in [-0.1, -0.05) is 34.1 Å². The zero-order valence-corrected chi connectivity index (χ0v) is 22.4. The maximum absolute atomic E-state index is 12.9. The number of aliphatic carboxylic acids is 1. The molecule has 2 rings (SSSR count). The third-order valence-electron chi connectivity index (χ3n) is 7.17. The molecule has 1 aliphatic rings. The standard InChI is InChI=1S/C26H41NO7S/c1-14(24(32)16(3)25(33)26(5,6)22(29)12-23(30)31)8-7-9-20-21(34-20)11-19(28)15(2)10-18-13-35-17(4)27-18/h10,13-14,16,19-22,24,28-29,32H,7-9,11-12H2,1-6H3,(H,30,31)/b15-10+/t14-,16-,19+,20?,21?,22+,24+/m1/s1. The molecule has 1 aliphatic heterocycles. The molecule has 4 N–H and O–H groups in total. The lowest BCUT2D eigenvalue weighted by atomic mass is 9.73. The second kappa shape index (κ2) is 12.5. The number of ketones is 1. The maximum atomic E-state index is 12.9. The van der Waals surface area contributed by atoms with Crippen LogP contribution in [0.3, 0.4) is 0 Å². The van der Waals surface area contributed by atoms with Crippen molar-refractivity contribution in [1.82, 2.24) is 4.98 Å². The summed E-state index contributed by atoms with van der Waals surface area (Å²) in [5.41, 5.74) is 0.452. The van der Waals surface area contributed by atoms with Gasteiger partial charge < -0.3 is 25.2 Å². The molecule has 0 saturated carbocycles. The number of aliphatic hydroxyl groups is 3. The molecule has 1 aromatic rings. The summed E-state index contributed by atoms with van der Waals surface area (Å²) in [7, 11) is 0. The first-order valence-corrected chi connectivity index (χ1v) is 13.2. The Morgan fingerprint density at radius 2 is 1.89 bits per heavy atom. The lowest BCUT2D eigenvalue weighted by molar-refractivity contribution is -0.147. The van der Waals surface area contributed by atoms with Crippen molar-refractivity contribution in [2.45, 2.75) is 104 Å². The number of aliphatic hydroxyl groups excluding tert-OH is 3. The summed E-state index contributed by atoms with van der Waals surface area (Å²) in [4.78, 5) is 28.2. The van der Waals surface area contributed by atoms with Crippen LogP contribution in [0.25, 0.3) is 6.08 Å². The maximum Gasteiger partial charge on any atom is 0.306 e. The molecule has 8 nitrogen and oxygen atoms in total. The molecule has 7 atom stereocenters. The molecule has 0 spiro atoms. The Kier molecular flexibility index (Phi) is 10.6. The molecule has 0 radical (unpaired) electrons. The third kappa shape index (κ3) is 8.46. The van der Waals surface area contributed by atoms with Crippen molar-refractivity contribution < 1.29 is 34.8 Å². The minimum absolute atomic E-state index is 0.0165. The number of Topliss-reactive ketones (excluding diaryl/α,β-unsaturated/α-hetero) is 1. The molecule has 0 amide bonds. The number of thiazole rings is 1. The van der Waals surface area contributed by atoms with Crippen LogP contribution in [0, 0.1) is 24.2 Å². The summed E-state index contributed by atoms with van der Waals surface area (Å²) in [6.07, 6.45) is 1.56. The third-order valence-corrected chi connectivity index (χ3v) is 7.97. The second-order valence-electron chi connectivity index (χ2n) is 10.5. The van der Waals surface area contributed by atoms with E-state index >= 15 is 0 Å². The average Bonchev–Trinajstić information content (AvgIpc) is 3.38. The van der Waals surface area contributed by atoms with Crippen molar-refractivity contribution in [3.05, 3.63) is 21.7 Å². The lowest BCUT2D eigenvalue weighted by Gasteiger charge is -2.34. The zero-order valence-electron chi connectivity index (χ0n) is 21.6. The Morgan fingerprint density at radius 1 is 1.23 bits per heavy atom. The molecule has 1 saturated heterocycles. The molecule has 2 heterocycles. The van der Waals surface area contributed by atoms with Gasteiger partial charge in [0.05, 0.1) is 53.1 Å². The highest BCUT2D eigenvalue weighted by Gasteiger charge is 2.42. The molecule has 198 valence electrons. The van der Waals surface area contributed by atoms with Gasteiger partial charge in [-0.3, -0.25) is 9.59 Å². The van der Waals surface area contributed by atoms with Gasteiger partial charge in [-0.25, -0.2) is 4.98 Å². The van der Waals surface area contributed by atoms with E-state index in [1.807, 2.05) is 32.2 Å². The second-order valence-corrected chi connectivity index (χ2v) is 11.6. The Hall–Kier alpha value is -1.65. The number of carbonyl (C=O) groups is 2. The van der Waals surface area contributed by atoms with Gasteiger partial charge in [-0.05, 0) is 44.3 Å². The number of hydrogen-bond acceptors (Lipinski definition) is 8. The van der Waals surface area contributed by atoms with Crippen molar-refractivity contribution in [3.63, 3.8) is 0 Å². The van der Waals surface area contributed by atoms with Crippen molar-refractivity contribution in [2.24, 2.45) is 17.3 Å². The van der Waals surface area contributed by atoms with E-state index in [0.29, 0.717) is 12.8 Å². The fraction of sp³-hybridized carbons (Fsp3) is 0.731. The smallest absolute Gasteiger partial charge is 0.306 e. The van der Waals surface area contributed by atoms with E-state index < -0.39 is 42.0 Å². The number of epoxide rings is 1.